The van der Waals surface area contributed by atoms with Crippen LogP contribution in [0.1, 0.15) is 38.8 Å². The highest BCUT2D eigenvalue weighted by Crippen LogP contribution is 2.30. The van der Waals surface area contributed by atoms with Crippen LogP contribution in [0, 0.1) is 6.92 Å². The van der Waals surface area contributed by atoms with Gasteiger partial charge in [0.1, 0.15) is 5.84 Å². The number of rotatable bonds is 5. The zero-order chi connectivity index (χ0) is 18.8. The Bertz CT molecular complexity index is 748. The Hall–Kier alpha value is -2.49. The Morgan fingerprint density at radius 2 is 1.92 bits per heavy atom. The Morgan fingerprint density at radius 1 is 1.24 bits per heavy atom. The minimum atomic E-state index is -0.0101. The molecule has 4 heteroatoms. The van der Waals surface area contributed by atoms with Crippen molar-refractivity contribution >= 4 is 17.2 Å². The van der Waals surface area contributed by atoms with Gasteiger partial charge in [0.15, 0.2) is 0 Å². The summed E-state index contributed by atoms with van der Waals surface area (Å²) in [5.74, 6) is 0.919. The zero-order valence-corrected chi connectivity index (χ0v) is 16.3. The third-order valence-electron chi connectivity index (χ3n) is 3.94. The number of aliphatic imine (C=N–C) groups is 1. The molecule has 0 fully saturated rings. The van der Waals surface area contributed by atoms with Crippen molar-refractivity contribution in [3.63, 3.8) is 0 Å². The number of aryl methyl sites for hydroxylation is 1. The molecular weight excluding hydrogens is 308 g/mol. The van der Waals surface area contributed by atoms with E-state index in [0.29, 0.717) is 6.54 Å². The normalized spacial score (nSPS) is 14.8. The first-order chi connectivity index (χ1) is 11.6. The van der Waals surface area contributed by atoms with Crippen LogP contribution < -0.4 is 10.6 Å². The quantitative estimate of drug-likeness (QED) is 0.829. The van der Waals surface area contributed by atoms with Crippen molar-refractivity contribution in [3.05, 3.63) is 60.0 Å². The summed E-state index contributed by atoms with van der Waals surface area (Å²) >= 11 is 0. The second kappa shape index (κ2) is 7.18. The zero-order valence-electron chi connectivity index (χ0n) is 16.3. The van der Waals surface area contributed by atoms with Crippen LogP contribution in [-0.4, -0.2) is 29.9 Å². The van der Waals surface area contributed by atoms with Crippen molar-refractivity contribution in [1.29, 1.82) is 0 Å². The van der Waals surface area contributed by atoms with E-state index in [1.807, 2.05) is 20.0 Å². The molecule has 0 bridgehead atoms. The molecule has 4 nitrogen and oxygen atoms in total. The number of anilines is 1. The summed E-state index contributed by atoms with van der Waals surface area (Å²) < 4.78 is 0. The Kier molecular flexibility index (Phi) is 5.41. The second-order valence-electron chi connectivity index (χ2n) is 7.54. The van der Waals surface area contributed by atoms with Gasteiger partial charge in [0, 0.05) is 35.2 Å². The van der Waals surface area contributed by atoms with Gasteiger partial charge in [0.05, 0.1) is 12.2 Å². The number of hydrogen-bond acceptors (Lipinski definition) is 4. The van der Waals surface area contributed by atoms with Crippen LogP contribution in [-0.2, 0) is 0 Å². The first-order valence-corrected chi connectivity index (χ1v) is 8.59. The molecule has 0 spiro atoms. The molecule has 0 amide bonds. The number of allylic oxidation sites excluding steroid dienone is 1. The molecule has 134 valence electrons. The molecule has 2 rings (SSSR count). The molecular formula is C21H30N4. The minimum absolute atomic E-state index is 0.0101. The van der Waals surface area contributed by atoms with Crippen LogP contribution in [0.4, 0.5) is 5.69 Å². The van der Waals surface area contributed by atoms with Crippen molar-refractivity contribution < 1.29 is 0 Å². The lowest BCUT2D eigenvalue weighted by Crippen LogP contribution is -2.40. The summed E-state index contributed by atoms with van der Waals surface area (Å²) in [5.41, 5.74) is 6.16. The number of amidine groups is 1. The molecule has 25 heavy (non-hydrogen) atoms. The largest absolute Gasteiger partial charge is 0.388 e. The van der Waals surface area contributed by atoms with E-state index in [4.69, 9.17) is 4.99 Å². The van der Waals surface area contributed by atoms with Gasteiger partial charge in [-0.2, -0.15) is 0 Å². The van der Waals surface area contributed by atoms with Crippen LogP contribution >= 0.6 is 0 Å². The molecule has 0 saturated heterocycles. The van der Waals surface area contributed by atoms with E-state index in [1.165, 1.54) is 5.56 Å². The standard InChI is InChI=1S/C21H30N4/c1-14-9-10-18(19(11-14)22-8)20-12-16(3)25(17(4)23-20)13-15(2)24-21(5,6)7/h9-12,22,24H,2-3,13H2,1,4-8H3. The lowest BCUT2D eigenvalue weighted by atomic mass is 10.0. The molecule has 0 radical (unpaired) electrons. The first kappa shape index (κ1) is 18.8. The molecule has 0 atom stereocenters. The van der Waals surface area contributed by atoms with Crippen molar-refractivity contribution in [2.75, 3.05) is 18.9 Å². The van der Waals surface area contributed by atoms with Crippen LogP contribution in [0.15, 0.2) is 53.8 Å². The number of benzene rings is 1. The van der Waals surface area contributed by atoms with Gasteiger partial charge in [0.25, 0.3) is 0 Å². The fourth-order valence-electron chi connectivity index (χ4n) is 2.91. The molecule has 1 aromatic carbocycles. The average Bonchev–Trinajstić information content (AvgIpc) is 2.48. The molecule has 2 N–H and O–H groups in total. The third kappa shape index (κ3) is 4.75. The smallest absolute Gasteiger partial charge is 0.106 e. The van der Waals surface area contributed by atoms with Gasteiger partial charge in [-0.25, -0.2) is 4.99 Å². The molecule has 1 heterocycles. The Labute approximate surface area is 152 Å². The topological polar surface area (TPSA) is 39.7 Å². The summed E-state index contributed by atoms with van der Waals surface area (Å²) in [6.07, 6.45) is 2.03. The monoisotopic (exact) mass is 338 g/mol. The van der Waals surface area contributed by atoms with Crippen LogP contribution in [0.3, 0.4) is 0 Å². The summed E-state index contributed by atoms with van der Waals surface area (Å²) in [4.78, 5) is 6.89. The fourth-order valence-corrected chi connectivity index (χ4v) is 2.91. The first-order valence-electron chi connectivity index (χ1n) is 8.59. The molecule has 1 aliphatic heterocycles. The highest BCUT2D eigenvalue weighted by Gasteiger charge is 2.20. The molecule has 0 unspecified atom stereocenters. The van der Waals surface area contributed by atoms with Crippen LogP contribution in [0.2, 0.25) is 0 Å². The summed E-state index contributed by atoms with van der Waals surface area (Å²) in [6, 6.07) is 6.34. The van der Waals surface area contributed by atoms with E-state index in [2.05, 4.69) is 74.6 Å². The number of hydrogen-bond donors (Lipinski definition) is 2. The lowest BCUT2D eigenvalue weighted by Gasteiger charge is -2.32. The maximum Gasteiger partial charge on any atom is 0.106 e. The fraction of sp³-hybridized carbons (Fsp3) is 0.381. The van der Waals surface area contributed by atoms with E-state index in [0.717, 1.165) is 34.2 Å². The predicted octanol–water partition coefficient (Wildman–Crippen LogP) is 4.53. The molecule has 0 aliphatic carbocycles. The van der Waals surface area contributed by atoms with Gasteiger partial charge >= 0.3 is 0 Å². The second-order valence-corrected chi connectivity index (χ2v) is 7.54. The average molecular weight is 338 g/mol. The van der Waals surface area contributed by atoms with Gasteiger partial charge in [-0.05, 0) is 52.3 Å². The van der Waals surface area contributed by atoms with Crippen molar-refractivity contribution in [1.82, 2.24) is 10.2 Å². The van der Waals surface area contributed by atoms with Gasteiger partial charge in [-0.15, -0.1) is 0 Å². The molecule has 0 aromatic heterocycles. The Balaban J connectivity index is 2.23. The van der Waals surface area contributed by atoms with E-state index in [9.17, 15) is 0 Å². The maximum atomic E-state index is 4.81. The van der Waals surface area contributed by atoms with E-state index >= 15 is 0 Å². The van der Waals surface area contributed by atoms with Gasteiger partial charge in [0.2, 0.25) is 0 Å². The van der Waals surface area contributed by atoms with Crippen LogP contribution in [0.5, 0.6) is 0 Å². The predicted molar refractivity (Wildman–Crippen MR) is 110 cm³/mol. The maximum absolute atomic E-state index is 4.81. The van der Waals surface area contributed by atoms with Gasteiger partial charge in [-0.1, -0.05) is 25.3 Å². The van der Waals surface area contributed by atoms with Gasteiger partial charge in [-0.3, -0.25) is 0 Å². The third-order valence-corrected chi connectivity index (χ3v) is 3.94. The van der Waals surface area contributed by atoms with Crippen molar-refractivity contribution in [2.24, 2.45) is 4.99 Å². The van der Waals surface area contributed by atoms with E-state index < -0.39 is 0 Å². The Morgan fingerprint density at radius 3 is 2.48 bits per heavy atom. The van der Waals surface area contributed by atoms with Crippen LogP contribution in [0.25, 0.3) is 5.70 Å². The summed E-state index contributed by atoms with van der Waals surface area (Å²) in [7, 11) is 1.93. The van der Waals surface area contributed by atoms with E-state index in [1.54, 1.807) is 0 Å². The number of nitrogens with zero attached hydrogens (tertiary/aromatic N) is 2. The van der Waals surface area contributed by atoms with Crippen molar-refractivity contribution in [3.8, 4) is 0 Å². The number of nitrogens with one attached hydrogen (secondary N) is 2. The van der Waals surface area contributed by atoms with E-state index in [-0.39, 0.29) is 5.54 Å². The summed E-state index contributed by atoms with van der Waals surface area (Å²) in [5, 5.41) is 6.67. The minimum Gasteiger partial charge on any atom is -0.388 e. The SMILES string of the molecule is C=C(CN1C(=C)C=C(c2ccc(C)cc2NC)N=C1C)NC(C)(C)C. The molecule has 1 aromatic rings. The highest BCUT2D eigenvalue weighted by atomic mass is 15.2. The highest BCUT2D eigenvalue weighted by molar-refractivity contribution is 5.93. The summed E-state index contributed by atoms with van der Waals surface area (Å²) in [6.45, 7) is 19.5. The van der Waals surface area contributed by atoms with Crippen molar-refractivity contribution in [2.45, 2.75) is 40.2 Å². The molecule has 1 aliphatic rings. The lowest BCUT2D eigenvalue weighted by molar-refractivity contribution is 0.442. The van der Waals surface area contributed by atoms with Gasteiger partial charge < -0.3 is 15.5 Å². The molecule has 0 saturated carbocycles.